The zero-order valence-corrected chi connectivity index (χ0v) is 17.5. The van der Waals surface area contributed by atoms with Crippen molar-refractivity contribution in [3.63, 3.8) is 0 Å². The van der Waals surface area contributed by atoms with Crippen LogP contribution < -0.4 is 19.5 Å². The molecule has 1 N–H and O–H groups in total. The number of thiazole rings is 2. The van der Waals surface area contributed by atoms with Gasteiger partial charge in [-0.05, 0) is 42.5 Å². The Bertz CT molecular complexity index is 1240. The molecule has 0 saturated carbocycles. The lowest BCUT2D eigenvalue weighted by atomic mass is 10.1. The predicted molar refractivity (Wildman–Crippen MR) is 114 cm³/mol. The van der Waals surface area contributed by atoms with Gasteiger partial charge < -0.3 is 14.2 Å². The van der Waals surface area contributed by atoms with Gasteiger partial charge in [-0.15, -0.1) is 22.7 Å². The Balaban J connectivity index is 1.21. The van der Waals surface area contributed by atoms with Crippen LogP contribution in [0, 0.1) is 5.82 Å². The number of halogens is 1. The number of hydrogen-bond acceptors (Lipinski definition) is 8. The molecular formula is C21H14FN3O4S2. The van der Waals surface area contributed by atoms with Gasteiger partial charge in [0, 0.05) is 16.3 Å². The standard InChI is InChI=1S/C21H14FN3O4S2/c22-13-2-4-14(5-3-13)27-8-19-23-16(10-30-19)20(26)25-21-24-15(9-31-21)12-1-6-17-18(7-12)29-11-28-17/h1-7,9-10H,8,11H2,(H,24,25,26). The van der Waals surface area contributed by atoms with E-state index < -0.39 is 0 Å². The molecule has 0 bridgehead atoms. The summed E-state index contributed by atoms with van der Waals surface area (Å²) < 4.78 is 29.2. The molecule has 0 aliphatic carbocycles. The number of nitrogens with one attached hydrogen (secondary N) is 1. The number of carbonyl (C=O) groups is 1. The fourth-order valence-electron chi connectivity index (χ4n) is 2.84. The quantitative estimate of drug-likeness (QED) is 0.442. The van der Waals surface area contributed by atoms with E-state index in [9.17, 15) is 9.18 Å². The van der Waals surface area contributed by atoms with Crippen molar-refractivity contribution in [2.24, 2.45) is 0 Å². The average molecular weight is 455 g/mol. The van der Waals surface area contributed by atoms with Crippen LogP contribution in [-0.4, -0.2) is 22.7 Å². The summed E-state index contributed by atoms with van der Waals surface area (Å²) in [6.45, 7) is 0.400. The van der Waals surface area contributed by atoms with E-state index in [-0.39, 0.29) is 30.8 Å². The molecule has 0 fully saturated rings. The molecule has 156 valence electrons. The van der Waals surface area contributed by atoms with E-state index in [1.807, 2.05) is 23.6 Å². The van der Waals surface area contributed by atoms with E-state index in [0.717, 1.165) is 11.3 Å². The molecule has 0 saturated heterocycles. The summed E-state index contributed by atoms with van der Waals surface area (Å²) in [5.41, 5.74) is 1.88. The van der Waals surface area contributed by atoms with Crippen LogP contribution in [-0.2, 0) is 6.61 Å². The molecule has 0 unspecified atom stereocenters. The van der Waals surface area contributed by atoms with E-state index in [1.165, 1.54) is 46.9 Å². The first-order chi connectivity index (χ1) is 15.1. The maximum atomic E-state index is 12.9. The van der Waals surface area contributed by atoms with Gasteiger partial charge in [0.1, 0.15) is 28.9 Å². The highest BCUT2D eigenvalue weighted by Gasteiger charge is 2.17. The molecule has 2 aromatic heterocycles. The van der Waals surface area contributed by atoms with E-state index in [4.69, 9.17) is 14.2 Å². The van der Waals surface area contributed by atoms with Crippen LogP contribution in [0.15, 0.2) is 53.2 Å². The van der Waals surface area contributed by atoms with Gasteiger partial charge in [-0.25, -0.2) is 14.4 Å². The number of amides is 1. The Morgan fingerprint density at radius 3 is 2.77 bits per heavy atom. The number of fused-ring (bicyclic) bond motifs is 1. The molecule has 5 rings (SSSR count). The third-order valence-electron chi connectivity index (χ3n) is 4.35. The highest BCUT2D eigenvalue weighted by Crippen LogP contribution is 2.36. The summed E-state index contributed by atoms with van der Waals surface area (Å²) in [4.78, 5) is 21.3. The van der Waals surface area contributed by atoms with E-state index in [1.54, 1.807) is 5.38 Å². The lowest BCUT2D eigenvalue weighted by molar-refractivity contribution is 0.102. The summed E-state index contributed by atoms with van der Waals surface area (Å²) in [5, 5.41) is 7.38. The second kappa shape index (κ2) is 8.32. The lowest BCUT2D eigenvalue weighted by Crippen LogP contribution is -2.12. The number of rotatable bonds is 6. The Morgan fingerprint density at radius 1 is 1.06 bits per heavy atom. The zero-order chi connectivity index (χ0) is 21.2. The molecule has 2 aromatic carbocycles. The number of nitrogens with zero attached hydrogens (tertiary/aromatic N) is 2. The SMILES string of the molecule is O=C(Nc1nc(-c2ccc3c(c2)OCO3)cs1)c1csc(COc2ccc(F)cc2)n1. The molecule has 0 atom stereocenters. The van der Waals surface area contributed by atoms with Gasteiger partial charge in [-0.1, -0.05) is 0 Å². The van der Waals surface area contributed by atoms with Gasteiger partial charge in [0.05, 0.1) is 5.69 Å². The normalized spacial score (nSPS) is 12.0. The lowest BCUT2D eigenvalue weighted by Gasteiger charge is -2.03. The maximum absolute atomic E-state index is 12.9. The molecule has 0 spiro atoms. The van der Waals surface area contributed by atoms with Crippen molar-refractivity contribution in [3.05, 3.63) is 69.7 Å². The Hall–Kier alpha value is -3.50. The summed E-state index contributed by atoms with van der Waals surface area (Å²) in [6, 6.07) is 11.3. The number of ether oxygens (including phenoxy) is 3. The van der Waals surface area contributed by atoms with Crippen molar-refractivity contribution < 1.29 is 23.4 Å². The largest absolute Gasteiger partial charge is 0.486 e. The number of benzene rings is 2. The van der Waals surface area contributed by atoms with Crippen molar-refractivity contribution in [1.82, 2.24) is 9.97 Å². The molecule has 1 aliphatic heterocycles. The summed E-state index contributed by atoms with van der Waals surface area (Å²) in [5.74, 6) is 1.23. The van der Waals surface area contributed by atoms with Crippen molar-refractivity contribution in [3.8, 4) is 28.5 Å². The predicted octanol–water partition coefficient (Wildman–Crippen LogP) is 4.97. The fraction of sp³-hybridized carbons (Fsp3) is 0.0952. The number of anilines is 1. The highest BCUT2D eigenvalue weighted by molar-refractivity contribution is 7.14. The fourth-order valence-corrected chi connectivity index (χ4v) is 4.24. The molecule has 0 radical (unpaired) electrons. The minimum atomic E-state index is -0.351. The van der Waals surface area contributed by atoms with Crippen molar-refractivity contribution >= 4 is 33.7 Å². The third kappa shape index (κ3) is 4.35. The second-order valence-corrected chi connectivity index (χ2v) is 8.23. The van der Waals surface area contributed by atoms with Crippen LogP contribution in [0.4, 0.5) is 9.52 Å². The van der Waals surface area contributed by atoms with Gasteiger partial charge in [0.2, 0.25) is 6.79 Å². The summed E-state index contributed by atoms with van der Waals surface area (Å²) in [7, 11) is 0. The van der Waals surface area contributed by atoms with Crippen LogP contribution in [0.2, 0.25) is 0 Å². The molecule has 31 heavy (non-hydrogen) atoms. The maximum Gasteiger partial charge on any atom is 0.276 e. The van der Waals surface area contributed by atoms with Crippen molar-refractivity contribution in [1.29, 1.82) is 0 Å². The van der Waals surface area contributed by atoms with Gasteiger partial charge in [-0.2, -0.15) is 0 Å². The first-order valence-electron chi connectivity index (χ1n) is 9.14. The molecular weight excluding hydrogens is 441 g/mol. The topological polar surface area (TPSA) is 82.6 Å². The average Bonchev–Trinajstić information content (AvgIpc) is 3.53. The van der Waals surface area contributed by atoms with Gasteiger partial charge in [0.25, 0.3) is 5.91 Å². The molecule has 1 amide bonds. The third-order valence-corrected chi connectivity index (χ3v) is 5.93. The minimum Gasteiger partial charge on any atom is -0.486 e. The second-order valence-electron chi connectivity index (χ2n) is 6.43. The van der Waals surface area contributed by atoms with E-state index in [2.05, 4.69) is 15.3 Å². The zero-order valence-electron chi connectivity index (χ0n) is 15.8. The smallest absolute Gasteiger partial charge is 0.276 e. The molecule has 7 nitrogen and oxygen atoms in total. The number of aromatic nitrogens is 2. The Kier molecular flexibility index (Phi) is 5.23. The molecule has 1 aliphatic rings. The van der Waals surface area contributed by atoms with Crippen LogP contribution in [0.5, 0.6) is 17.2 Å². The van der Waals surface area contributed by atoms with Crippen LogP contribution >= 0.6 is 22.7 Å². The number of hydrogen-bond donors (Lipinski definition) is 1. The van der Waals surface area contributed by atoms with Crippen molar-refractivity contribution in [2.75, 3.05) is 12.1 Å². The van der Waals surface area contributed by atoms with Crippen LogP contribution in [0.1, 0.15) is 15.5 Å². The van der Waals surface area contributed by atoms with Crippen LogP contribution in [0.25, 0.3) is 11.3 Å². The summed E-state index contributed by atoms with van der Waals surface area (Å²) >= 11 is 2.63. The van der Waals surface area contributed by atoms with Crippen LogP contribution in [0.3, 0.4) is 0 Å². The molecule has 4 aromatic rings. The van der Waals surface area contributed by atoms with Gasteiger partial charge in [-0.3, -0.25) is 10.1 Å². The first-order valence-corrected chi connectivity index (χ1v) is 10.9. The molecule has 10 heteroatoms. The van der Waals surface area contributed by atoms with E-state index >= 15 is 0 Å². The highest BCUT2D eigenvalue weighted by atomic mass is 32.1. The van der Waals surface area contributed by atoms with Crippen molar-refractivity contribution in [2.45, 2.75) is 6.61 Å². The first kappa shape index (κ1) is 19.5. The minimum absolute atomic E-state index is 0.190. The Morgan fingerprint density at radius 2 is 1.90 bits per heavy atom. The number of carbonyl (C=O) groups excluding carboxylic acids is 1. The van der Waals surface area contributed by atoms with Gasteiger partial charge in [0.15, 0.2) is 16.6 Å². The monoisotopic (exact) mass is 455 g/mol. The molecule has 3 heterocycles. The van der Waals surface area contributed by atoms with E-state index in [0.29, 0.717) is 27.4 Å². The summed E-state index contributed by atoms with van der Waals surface area (Å²) in [6.07, 6.45) is 0. The Labute approximate surface area is 184 Å². The van der Waals surface area contributed by atoms with Gasteiger partial charge >= 0.3 is 0 Å².